The highest BCUT2D eigenvalue weighted by Crippen LogP contribution is 2.53. The van der Waals surface area contributed by atoms with Gasteiger partial charge < -0.3 is 0 Å². The van der Waals surface area contributed by atoms with Crippen LogP contribution < -0.4 is 0 Å². The molecule has 0 heterocycles. The van der Waals surface area contributed by atoms with E-state index in [1.165, 1.54) is 12.0 Å². The molecule has 1 nitrogen and oxygen atoms in total. The summed E-state index contributed by atoms with van der Waals surface area (Å²) in [4.78, 5) is 12.5. The molecule has 1 fully saturated rings. The van der Waals surface area contributed by atoms with E-state index in [0.717, 1.165) is 12.8 Å². The lowest BCUT2D eigenvalue weighted by molar-refractivity contribution is -0.138. The van der Waals surface area contributed by atoms with E-state index in [9.17, 15) is 4.79 Å². The number of rotatable bonds is 4. The molecule has 1 heteroatoms. The van der Waals surface area contributed by atoms with Crippen molar-refractivity contribution < 1.29 is 4.79 Å². The van der Waals surface area contributed by atoms with Gasteiger partial charge in [-0.2, -0.15) is 0 Å². The average Bonchev–Trinajstić information content (AvgIpc) is 2.28. The van der Waals surface area contributed by atoms with Crippen molar-refractivity contribution in [3.05, 3.63) is 35.9 Å². The van der Waals surface area contributed by atoms with Gasteiger partial charge in [-0.05, 0) is 24.3 Å². The predicted molar refractivity (Wildman–Crippen MR) is 71.0 cm³/mol. The maximum atomic E-state index is 12.5. The molecule has 0 saturated heterocycles. The summed E-state index contributed by atoms with van der Waals surface area (Å²) in [7, 11) is 0. The second kappa shape index (κ2) is 4.64. The summed E-state index contributed by atoms with van der Waals surface area (Å²) in [6.45, 7) is 6.27. The first-order chi connectivity index (χ1) is 8.08. The second-order valence-corrected chi connectivity index (χ2v) is 5.66. The number of ketones is 1. The van der Waals surface area contributed by atoms with Gasteiger partial charge in [0.15, 0.2) is 0 Å². The summed E-state index contributed by atoms with van der Waals surface area (Å²) < 4.78 is 0. The highest BCUT2D eigenvalue weighted by molar-refractivity contribution is 5.88. The quantitative estimate of drug-likeness (QED) is 0.758. The SMILES string of the molecule is CC(C)C(=O)C1(C(C)c2ccccc2)CCC1. The summed E-state index contributed by atoms with van der Waals surface area (Å²) >= 11 is 0. The molecule has 1 aliphatic carbocycles. The van der Waals surface area contributed by atoms with Crippen molar-refractivity contribution in [2.75, 3.05) is 0 Å². The molecule has 1 unspecified atom stereocenters. The molecule has 1 saturated carbocycles. The van der Waals surface area contributed by atoms with E-state index in [4.69, 9.17) is 0 Å². The van der Waals surface area contributed by atoms with Gasteiger partial charge in [0.05, 0.1) is 0 Å². The summed E-state index contributed by atoms with van der Waals surface area (Å²) in [6.07, 6.45) is 3.34. The van der Waals surface area contributed by atoms with Crippen LogP contribution >= 0.6 is 0 Å². The molecular weight excluding hydrogens is 208 g/mol. The highest BCUT2D eigenvalue weighted by Gasteiger charge is 2.48. The van der Waals surface area contributed by atoms with Gasteiger partial charge in [0.1, 0.15) is 5.78 Å². The van der Waals surface area contributed by atoms with Crippen molar-refractivity contribution in [2.24, 2.45) is 11.3 Å². The number of carbonyl (C=O) groups is 1. The molecule has 0 amide bonds. The Hall–Kier alpha value is -1.11. The van der Waals surface area contributed by atoms with Crippen LogP contribution in [0.4, 0.5) is 0 Å². The Morgan fingerprint density at radius 1 is 1.12 bits per heavy atom. The Labute approximate surface area is 104 Å². The van der Waals surface area contributed by atoms with E-state index < -0.39 is 0 Å². The van der Waals surface area contributed by atoms with Crippen molar-refractivity contribution in [1.82, 2.24) is 0 Å². The maximum absolute atomic E-state index is 12.5. The van der Waals surface area contributed by atoms with E-state index in [1.54, 1.807) is 0 Å². The van der Waals surface area contributed by atoms with Gasteiger partial charge in [0.2, 0.25) is 0 Å². The lowest BCUT2D eigenvalue weighted by Gasteiger charge is -2.46. The Bertz CT molecular complexity index is 387. The third kappa shape index (κ3) is 2.03. The minimum Gasteiger partial charge on any atom is -0.299 e. The number of hydrogen-bond acceptors (Lipinski definition) is 1. The number of carbonyl (C=O) groups excluding carboxylic acids is 1. The fourth-order valence-corrected chi connectivity index (χ4v) is 3.09. The zero-order valence-corrected chi connectivity index (χ0v) is 11.1. The zero-order valence-electron chi connectivity index (χ0n) is 11.1. The molecule has 1 aromatic rings. The third-order valence-electron chi connectivity index (χ3n) is 4.39. The zero-order chi connectivity index (χ0) is 12.5. The van der Waals surface area contributed by atoms with Gasteiger partial charge >= 0.3 is 0 Å². The van der Waals surface area contributed by atoms with Crippen molar-refractivity contribution in [2.45, 2.75) is 46.0 Å². The van der Waals surface area contributed by atoms with E-state index >= 15 is 0 Å². The predicted octanol–water partition coefficient (Wildman–Crippen LogP) is 4.19. The third-order valence-corrected chi connectivity index (χ3v) is 4.39. The van der Waals surface area contributed by atoms with Crippen LogP contribution in [0.3, 0.4) is 0 Å². The highest BCUT2D eigenvalue weighted by atomic mass is 16.1. The van der Waals surface area contributed by atoms with Crippen molar-refractivity contribution in [1.29, 1.82) is 0 Å². The van der Waals surface area contributed by atoms with Crippen LogP contribution in [0, 0.1) is 11.3 Å². The van der Waals surface area contributed by atoms with Gasteiger partial charge in [-0.3, -0.25) is 4.79 Å². The van der Waals surface area contributed by atoms with Gasteiger partial charge in [0, 0.05) is 11.3 Å². The topological polar surface area (TPSA) is 17.1 Å². The first-order valence-corrected chi connectivity index (χ1v) is 6.67. The number of Topliss-reactive ketones (excluding diaryl/α,β-unsaturated/α-hetero) is 1. The minimum absolute atomic E-state index is 0.0739. The lowest BCUT2D eigenvalue weighted by atomic mass is 9.56. The molecule has 0 radical (unpaired) electrons. The van der Waals surface area contributed by atoms with Gasteiger partial charge in [-0.15, -0.1) is 0 Å². The fraction of sp³-hybridized carbons (Fsp3) is 0.562. The van der Waals surface area contributed by atoms with E-state index in [-0.39, 0.29) is 11.3 Å². The van der Waals surface area contributed by atoms with Crippen LogP contribution in [0.5, 0.6) is 0 Å². The summed E-state index contributed by atoms with van der Waals surface area (Å²) in [6, 6.07) is 10.5. The molecule has 0 spiro atoms. The molecule has 0 aromatic heterocycles. The van der Waals surface area contributed by atoms with Crippen LogP contribution in [-0.2, 0) is 4.79 Å². The van der Waals surface area contributed by atoms with Crippen molar-refractivity contribution in [3.63, 3.8) is 0 Å². The largest absolute Gasteiger partial charge is 0.299 e. The smallest absolute Gasteiger partial charge is 0.142 e. The fourth-order valence-electron chi connectivity index (χ4n) is 3.09. The van der Waals surface area contributed by atoms with Crippen LogP contribution in [0.2, 0.25) is 0 Å². The average molecular weight is 230 g/mol. The second-order valence-electron chi connectivity index (χ2n) is 5.66. The van der Waals surface area contributed by atoms with E-state index in [2.05, 4.69) is 31.2 Å². The van der Waals surface area contributed by atoms with Crippen LogP contribution in [0.25, 0.3) is 0 Å². The molecule has 17 heavy (non-hydrogen) atoms. The van der Waals surface area contributed by atoms with Crippen LogP contribution in [0.15, 0.2) is 30.3 Å². The monoisotopic (exact) mass is 230 g/mol. The molecule has 0 aliphatic heterocycles. The van der Waals surface area contributed by atoms with Crippen molar-refractivity contribution >= 4 is 5.78 Å². The summed E-state index contributed by atoms with van der Waals surface area (Å²) in [5, 5.41) is 0. The maximum Gasteiger partial charge on any atom is 0.142 e. The summed E-state index contributed by atoms with van der Waals surface area (Å²) in [5.74, 6) is 0.967. The Kier molecular flexibility index (Phi) is 3.37. The Morgan fingerprint density at radius 2 is 1.71 bits per heavy atom. The standard InChI is InChI=1S/C16H22O/c1-12(2)15(17)16(10-7-11-16)13(3)14-8-5-4-6-9-14/h4-6,8-9,12-13H,7,10-11H2,1-3H3. The van der Waals surface area contributed by atoms with Gasteiger partial charge in [-0.25, -0.2) is 0 Å². The molecule has 2 rings (SSSR count). The molecule has 1 atom stereocenters. The summed E-state index contributed by atoms with van der Waals surface area (Å²) in [5.41, 5.74) is 1.23. The Balaban J connectivity index is 2.27. The molecular formula is C16H22O. The molecule has 92 valence electrons. The van der Waals surface area contributed by atoms with Gasteiger partial charge in [0.25, 0.3) is 0 Å². The molecule has 0 bridgehead atoms. The molecule has 1 aromatic carbocycles. The Morgan fingerprint density at radius 3 is 2.12 bits per heavy atom. The minimum atomic E-state index is -0.0739. The van der Waals surface area contributed by atoms with Crippen LogP contribution in [-0.4, -0.2) is 5.78 Å². The van der Waals surface area contributed by atoms with E-state index in [0.29, 0.717) is 11.7 Å². The molecule has 1 aliphatic rings. The van der Waals surface area contributed by atoms with Gasteiger partial charge in [-0.1, -0.05) is 57.5 Å². The van der Waals surface area contributed by atoms with Crippen molar-refractivity contribution in [3.8, 4) is 0 Å². The van der Waals surface area contributed by atoms with Crippen LogP contribution in [0.1, 0.15) is 51.5 Å². The molecule has 0 N–H and O–H groups in total. The van der Waals surface area contributed by atoms with E-state index in [1.807, 2.05) is 19.9 Å². The normalized spacial score (nSPS) is 19.8. The number of hydrogen-bond donors (Lipinski definition) is 0. The first-order valence-electron chi connectivity index (χ1n) is 6.67. The number of benzene rings is 1. The lowest BCUT2D eigenvalue weighted by Crippen LogP contribution is -2.44. The first kappa shape index (κ1) is 12.3.